The van der Waals surface area contributed by atoms with Crippen LogP contribution >= 0.6 is 22.7 Å². The van der Waals surface area contributed by atoms with E-state index in [2.05, 4.69) is 10.3 Å². The summed E-state index contributed by atoms with van der Waals surface area (Å²) in [6.07, 6.45) is 1.35. The van der Waals surface area contributed by atoms with Crippen molar-refractivity contribution in [1.82, 2.24) is 15.3 Å². The molecule has 0 spiro atoms. The molecule has 0 aliphatic heterocycles. The standard InChI is InChI=1S/C24H21N5O5S2/c25-24(31)34-20(13-16-7-9-26-10-8-16)22(30)27-18(12-15-3-5-17(6-4-15)29(32)33)23-28-19(14-36-23)21-2-1-11-35-21/h1-11,14,18,20H,12-13H2,(H2,25,31)(H,27,30)/t18-,20?/m0/s1. The molecule has 12 heteroatoms. The zero-order valence-corrected chi connectivity index (χ0v) is 20.4. The Morgan fingerprint density at radius 3 is 2.42 bits per heavy atom. The Morgan fingerprint density at radius 2 is 1.78 bits per heavy atom. The Hall–Kier alpha value is -4.16. The third-order valence-electron chi connectivity index (χ3n) is 5.22. The van der Waals surface area contributed by atoms with Crippen molar-refractivity contribution in [3.05, 3.63) is 97.9 Å². The molecule has 184 valence electrons. The van der Waals surface area contributed by atoms with Gasteiger partial charge in [0.2, 0.25) is 0 Å². The lowest BCUT2D eigenvalue weighted by Gasteiger charge is -2.21. The van der Waals surface area contributed by atoms with Crippen LogP contribution in [0.15, 0.2) is 71.7 Å². The summed E-state index contributed by atoms with van der Waals surface area (Å²) in [7, 11) is 0. The van der Waals surface area contributed by atoms with Gasteiger partial charge >= 0.3 is 6.09 Å². The lowest BCUT2D eigenvalue weighted by atomic mass is 10.0. The van der Waals surface area contributed by atoms with Gasteiger partial charge in [0, 0.05) is 36.3 Å². The number of non-ortho nitro benzene ring substituents is 1. The number of nitrogens with two attached hydrogens (primary N) is 1. The molecule has 2 amide bonds. The minimum atomic E-state index is -1.17. The van der Waals surface area contributed by atoms with E-state index in [1.165, 1.54) is 23.5 Å². The number of rotatable bonds is 10. The van der Waals surface area contributed by atoms with E-state index < -0.39 is 29.1 Å². The highest BCUT2D eigenvalue weighted by molar-refractivity contribution is 7.14. The van der Waals surface area contributed by atoms with Crippen LogP contribution in [0.5, 0.6) is 0 Å². The number of benzene rings is 1. The van der Waals surface area contributed by atoms with Gasteiger partial charge in [-0.05, 0) is 41.1 Å². The average molecular weight is 524 g/mol. The van der Waals surface area contributed by atoms with Crippen molar-refractivity contribution in [2.75, 3.05) is 0 Å². The van der Waals surface area contributed by atoms with Gasteiger partial charge in [0.1, 0.15) is 5.01 Å². The summed E-state index contributed by atoms with van der Waals surface area (Å²) in [6, 6.07) is 12.8. The van der Waals surface area contributed by atoms with E-state index in [0.29, 0.717) is 11.4 Å². The molecule has 1 unspecified atom stereocenters. The maximum atomic E-state index is 13.3. The molecular formula is C24H21N5O5S2. The number of aromatic nitrogens is 2. The largest absolute Gasteiger partial charge is 0.436 e. The zero-order chi connectivity index (χ0) is 25.5. The van der Waals surface area contributed by atoms with Crippen LogP contribution < -0.4 is 11.1 Å². The highest BCUT2D eigenvalue weighted by Gasteiger charge is 2.27. The SMILES string of the molecule is NC(=O)OC(Cc1ccncc1)C(=O)N[C@@H](Cc1ccc([N+](=O)[O-])cc1)c1nc(-c2cccs2)cs1. The number of primary amides is 1. The van der Waals surface area contributed by atoms with Gasteiger partial charge in [-0.25, -0.2) is 9.78 Å². The second kappa shape index (κ2) is 11.5. The molecule has 0 saturated carbocycles. The fourth-order valence-corrected chi connectivity index (χ4v) is 5.13. The number of amides is 2. The van der Waals surface area contributed by atoms with Crippen LogP contribution in [0.4, 0.5) is 10.5 Å². The van der Waals surface area contributed by atoms with Gasteiger partial charge in [0.25, 0.3) is 11.6 Å². The maximum Gasteiger partial charge on any atom is 0.405 e. The van der Waals surface area contributed by atoms with E-state index in [9.17, 15) is 19.7 Å². The number of nitro benzene ring substituents is 1. The number of nitrogens with zero attached hydrogens (tertiary/aromatic N) is 3. The van der Waals surface area contributed by atoms with Crippen molar-refractivity contribution in [2.24, 2.45) is 5.73 Å². The molecule has 10 nitrogen and oxygen atoms in total. The van der Waals surface area contributed by atoms with Crippen LogP contribution in [0, 0.1) is 10.1 Å². The van der Waals surface area contributed by atoms with E-state index in [4.69, 9.17) is 15.5 Å². The molecule has 3 aromatic heterocycles. The second-order valence-electron chi connectivity index (χ2n) is 7.72. The summed E-state index contributed by atoms with van der Waals surface area (Å²) in [6.45, 7) is 0. The number of ether oxygens (including phenoxy) is 1. The predicted octanol–water partition coefficient (Wildman–Crippen LogP) is 4.28. The molecule has 0 bridgehead atoms. The molecule has 36 heavy (non-hydrogen) atoms. The Kier molecular flexibility index (Phi) is 7.98. The Balaban J connectivity index is 1.59. The highest BCUT2D eigenvalue weighted by Crippen LogP contribution is 2.30. The third-order valence-corrected chi connectivity index (χ3v) is 7.07. The van der Waals surface area contributed by atoms with Gasteiger partial charge in [-0.15, -0.1) is 22.7 Å². The maximum absolute atomic E-state index is 13.3. The van der Waals surface area contributed by atoms with Crippen molar-refractivity contribution in [3.8, 4) is 10.6 Å². The van der Waals surface area contributed by atoms with Crippen LogP contribution in [-0.4, -0.2) is 33.0 Å². The average Bonchev–Trinajstić information content (AvgIpc) is 3.56. The second-order valence-corrected chi connectivity index (χ2v) is 9.56. The smallest absolute Gasteiger partial charge is 0.405 e. The predicted molar refractivity (Wildman–Crippen MR) is 136 cm³/mol. The minimum Gasteiger partial charge on any atom is -0.436 e. The number of nitro groups is 1. The number of pyridine rings is 1. The van der Waals surface area contributed by atoms with Crippen molar-refractivity contribution in [2.45, 2.75) is 25.0 Å². The number of thiophene rings is 1. The zero-order valence-electron chi connectivity index (χ0n) is 18.8. The Bertz CT molecular complexity index is 1330. The summed E-state index contributed by atoms with van der Waals surface area (Å²) >= 11 is 2.94. The number of carbonyl (C=O) groups is 2. The molecule has 0 aliphatic rings. The molecule has 4 aromatic rings. The van der Waals surface area contributed by atoms with Gasteiger partial charge in [0.05, 0.1) is 21.5 Å². The van der Waals surface area contributed by atoms with Crippen LogP contribution in [0.3, 0.4) is 0 Å². The first-order valence-corrected chi connectivity index (χ1v) is 12.5. The Labute approximate surface area is 213 Å². The van der Waals surface area contributed by atoms with Gasteiger partial charge in [-0.1, -0.05) is 18.2 Å². The summed E-state index contributed by atoms with van der Waals surface area (Å²) in [5.41, 5.74) is 7.50. The lowest BCUT2D eigenvalue weighted by molar-refractivity contribution is -0.384. The van der Waals surface area contributed by atoms with Crippen LogP contribution in [0.2, 0.25) is 0 Å². The molecular weight excluding hydrogens is 502 g/mol. The van der Waals surface area contributed by atoms with E-state index in [-0.39, 0.29) is 12.1 Å². The highest BCUT2D eigenvalue weighted by atomic mass is 32.1. The van der Waals surface area contributed by atoms with Crippen molar-refractivity contribution in [3.63, 3.8) is 0 Å². The Morgan fingerprint density at radius 1 is 1.06 bits per heavy atom. The van der Waals surface area contributed by atoms with E-state index in [1.807, 2.05) is 22.9 Å². The van der Waals surface area contributed by atoms with Gasteiger partial charge in [-0.2, -0.15) is 0 Å². The summed E-state index contributed by atoms with van der Waals surface area (Å²) in [5, 5.41) is 18.5. The van der Waals surface area contributed by atoms with Gasteiger partial charge in [-0.3, -0.25) is 19.9 Å². The molecule has 0 radical (unpaired) electrons. The molecule has 3 N–H and O–H groups in total. The number of nitrogens with one attached hydrogen (secondary N) is 1. The number of carbonyl (C=O) groups excluding carboxylic acids is 2. The molecule has 0 aliphatic carbocycles. The monoisotopic (exact) mass is 523 g/mol. The van der Waals surface area contributed by atoms with Crippen molar-refractivity contribution in [1.29, 1.82) is 0 Å². The topological polar surface area (TPSA) is 150 Å². The fraction of sp³-hybridized carbons (Fsp3) is 0.167. The first kappa shape index (κ1) is 24.9. The number of thiazole rings is 1. The number of hydrogen-bond acceptors (Lipinski definition) is 9. The number of hydrogen-bond donors (Lipinski definition) is 2. The van der Waals surface area contributed by atoms with E-state index in [0.717, 1.165) is 21.7 Å². The molecule has 2 atom stereocenters. The first-order chi connectivity index (χ1) is 17.4. The normalized spacial score (nSPS) is 12.4. The van der Waals surface area contributed by atoms with Crippen LogP contribution in [0.1, 0.15) is 22.2 Å². The van der Waals surface area contributed by atoms with E-state index in [1.54, 1.807) is 48.0 Å². The molecule has 1 aromatic carbocycles. The van der Waals surface area contributed by atoms with Crippen LogP contribution in [-0.2, 0) is 22.4 Å². The van der Waals surface area contributed by atoms with E-state index >= 15 is 0 Å². The summed E-state index contributed by atoms with van der Waals surface area (Å²) < 4.78 is 5.13. The minimum absolute atomic E-state index is 0.0270. The quantitative estimate of drug-likeness (QED) is 0.233. The molecule has 0 fully saturated rings. The molecule has 0 saturated heterocycles. The van der Waals surface area contributed by atoms with Crippen molar-refractivity contribution >= 4 is 40.4 Å². The third kappa shape index (κ3) is 6.49. The molecule has 4 rings (SSSR count). The fourth-order valence-electron chi connectivity index (χ4n) is 3.50. The van der Waals surface area contributed by atoms with Crippen molar-refractivity contribution < 1.29 is 19.2 Å². The lowest BCUT2D eigenvalue weighted by Crippen LogP contribution is -2.42. The van der Waals surface area contributed by atoms with Gasteiger partial charge < -0.3 is 15.8 Å². The summed E-state index contributed by atoms with van der Waals surface area (Å²) in [4.78, 5) is 45.0. The van der Waals surface area contributed by atoms with Crippen LogP contribution in [0.25, 0.3) is 10.6 Å². The molecule has 3 heterocycles. The summed E-state index contributed by atoms with van der Waals surface area (Å²) in [5.74, 6) is -0.537. The van der Waals surface area contributed by atoms with Gasteiger partial charge in [0.15, 0.2) is 6.10 Å². The first-order valence-electron chi connectivity index (χ1n) is 10.8.